The van der Waals surface area contributed by atoms with Crippen molar-refractivity contribution in [3.8, 4) is 0 Å². The highest BCUT2D eigenvalue weighted by atomic mass is 16.3. The van der Waals surface area contributed by atoms with Crippen molar-refractivity contribution in [2.75, 3.05) is 33.3 Å². The van der Waals surface area contributed by atoms with E-state index in [1.807, 2.05) is 84.7 Å². The van der Waals surface area contributed by atoms with Crippen LogP contribution < -0.4 is 0 Å². The second-order valence-corrected chi connectivity index (χ2v) is 9.14. The molecule has 0 aliphatic carbocycles. The molecule has 5 nitrogen and oxygen atoms in total. The molecule has 1 heterocycles. The van der Waals surface area contributed by atoms with Gasteiger partial charge in [-0.1, -0.05) is 84.9 Å². The lowest BCUT2D eigenvalue weighted by Gasteiger charge is -2.33. The third kappa shape index (κ3) is 5.73. The third-order valence-corrected chi connectivity index (χ3v) is 6.74. The maximum absolute atomic E-state index is 13.9. The van der Waals surface area contributed by atoms with Gasteiger partial charge in [0.15, 0.2) is 0 Å². The molecular weight excluding hydrogens is 424 g/mol. The second-order valence-electron chi connectivity index (χ2n) is 9.14. The van der Waals surface area contributed by atoms with E-state index in [9.17, 15) is 15.0 Å². The Morgan fingerprint density at radius 2 is 1.53 bits per heavy atom. The van der Waals surface area contributed by atoms with E-state index < -0.39 is 0 Å². The first-order chi connectivity index (χ1) is 16.6. The minimum absolute atomic E-state index is 0.0125. The van der Waals surface area contributed by atoms with E-state index in [-0.39, 0.29) is 30.6 Å². The zero-order chi connectivity index (χ0) is 23.9. The Labute approximate surface area is 202 Å². The molecular formula is C29H34N2O3. The summed E-state index contributed by atoms with van der Waals surface area (Å²) in [6, 6.07) is 28.1. The Morgan fingerprint density at radius 1 is 0.941 bits per heavy atom. The van der Waals surface area contributed by atoms with Crippen molar-refractivity contribution in [1.82, 2.24) is 9.80 Å². The molecule has 1 amide bonds. The Kier molecular flexibility index (Phi) is 8.12. The summed E-state index contributed by atoms with van der Waals surface area (Å²) >= 11 is 0. The largest absolute Gasteiger partial charge is 0.396 e. The summed E-state index contributed by atoms with van der Waals surface area (Å²) < 4.78 is 0. The highest BCUT2D eigenvalue weighted by molar-refractivity contribution is 5.87. The summed E-state index contributed by atoms with van der Waals surface area (Å²) in [7, 11) is 1.88. The lowest BCUT2D eigenvalue weighted by atomic mass is 9.90. The van der Waals surface area contributed by atoms with E-state index >= 15 is 0 Å². The minimum atomic E-state index is -0.371. The first kappa shape index (κ1) is 24.1. The van der Waals surface area contributed by atoms with Gasteiger partial charge in [0.1, 0.15) is 0 Å². The molecule has 2 atom stereocenters. The average Bonchev–Trinajstić information content (AvgIpc) is 3.30. The Hall–Kier alpha value is -2.99. The molecule has 2 N–H and O–H groups in total. The van der Waals surface area contributed by atoms with Crippen LogP contribution in [0.25, 0.3) is 0 Å². The lowest BCUT2D eigenvalue weighted by molar-refractivity contribution is -0.131. The zero-order valence-corrected chi connectivity index (χ0v) is 19.8. The molecule has 0 radical (unpaired) electrons. The molecule has 0 spiro atoms. The SMILES string of the molecule is CN(CC(c1ccc(CCO)cc1)N1CCC(O)C1)C(=O)C(c1ccccc1)c1ccccc1. The summed E-state index contributed by atoms with van der Waals surface area (Å²) in [6.07, 6.45) is 1.04. The van der Waals surface area contributed by atoms with E-state index in [2.05, 4.69) is 17.0 Å². The van der Waals surface area contributed by atoms with Crippen LogP contribution in [0.5, 0.6) is 0 Å². The Balaban J connectivity index is 1.60. The molecule has 0 bridgehead atoms. The predicted octanol–water partition coefficient (Wildman–Crippen LogP) is 3.62. The zero-order valence-electron chi connectivity index (χ0n) is 19.8. The number of rotatable bonds is 9. The standard InChI is InChI=1S/C29H34N2O3/c1-30(29(34)28(24-8-4-2-5-9-24)25-10-6-3-7-11-25)21-27(31-18-16-26(33)20-31)23-14-12-22(13-15-23)17-19-32/h2-15,26-28,32-33H,16-21H2,1H3. The molecule has 1 fully saturated rings. The molecule has 3 aromatic rings. The van der Waals surface area contributed by atoms with E-state index in [1.54, 1.807) is 0 Å². The molecule has 178 valence electrons. The number of benzene rings is 3. The number of amides is 1. The molecule has 4 rings (SSSR count). The van der Waals surface area contributed by atoms with Gasteiger partial charge in [-0.25, -0.2) is 0 Å². The van der Waals surface area contributed by atoms with Crippen LogP contribution in [0.1, 0.15) is 40.6 Å². The molecule has 1 aliphatic rings. The third-order valence-electron chi connectivity index (χ3n) is 6.74. The summed E-state index contributed by atoms with van der Waals surface area (Å²) in [4.78, 5) is 18.0. The van der Waals surface area contributed by atoms with E-state index in [1.165, 1.54) is 0 Å². The highest BCUT2D eigenvalue weighted by Gasteiger charge is 2.32. The van der Waals surface area contributed by atoms with Crippen LogP contribution in [-0.2, 0) is 11.2 Å². The van der Waals surface area contributed by atoms with Gasteiger partial charge in [0, 0.05) is 33.3 Å². The molecule has 5 heteroatoms. The Bertz CT molecular complexity index is 1000. The number of hydrogen-bond acceptors (Lipinski definition) is 4. The van der Waals surface area contributed by atoms with E-state index in [4.69, 9.17) is 0 Å². The fraction of sp³-hybridized carbons (Fsp3) is 0.345. The van der Waals surface area contributed by atoms with Crippen molar-refractivity contribution in [2.24, 2.45) is 0 Å². The first-order valence-corrected chi connectivity index (χ1v) is 12.0. The average molecular weight is 459 g/mol. The number of likely N-dealkylation sites (N-methyl/N-ethyl adjacent to an activating group) is 1. The maximum atomic E-state index is 13.9. The number of β-amino-alcohol motifs (C(OH)–C–C–N with tert-alkyl or cyclic N) is 1. The summed E-state index contributed by atoms with van der Waals surface area (Å²) in [6.45, 7) is 2.05. The summed E-state index contributed by atoms with van der Waals surface area (Å²) in [5.41, 5.74) is 4.16. The van der Waals surface area contributed by atoms with Gasteiger partial charge in [0.05, 0.1) is 18.1 Å². The molecule has 1 aliphatic heterocycles. The fourth-order valence-electron chi connectivity index (χ4n) is 4.86. The van der Waals surface area contributed by atoms with Crippen LogP contribution in [-0.4, -0.2) is 65.3 Å². The van der Waals surface area contributed by atoms with Crippen molar-refractivity contribution in [3.05, 3.63) is 107 Å². The fourth-order valence-corrected chi connectivity index (χ4v) is 4.86. The van der Waals surface area contributed by atoms with E-state index in [0.29, 0.717) is 19.5 Å². The normalized spacial score (nSPS) is 17.1. The molecule has 2 unspecified atom stereocenters. The van der Waals surface area contributed by atoms with Crippen molar-refractivity contribution in [2.45, 2.75) is 30.9 Å². The van der Waals surface area contributed by atoms with Crippen LogP contribution in [0.4, 0.5) is 0 Å². The summed E-state index contributed by atoms with van der Waals surface area (Å²) in [5.74, 6) is -0.316. The van der Waals surface area contributed by atoms with Gasteiger partial charge in [0.2, 0.25) is 5.91 Å². The van der Waals surface area contributed by atoms with Gasteiger partial charge in [0.25, 0.3) is 0 Å². The molecule has 0 saturated carbocycles. The lowest BCUT2D eigenvalue weighted by Crippen LogP contribution is -2.40. The van der Waals surface area contributed by atoms with Gasteiger partial charge in [-0.05, 0) is 35.1 Å². The van der Waals surface area contributed by atoms with Crippen molar-refractivity contribution < 1.29 is 15.0 Å². The molecule has 1 saturated heterocycles. The number of carbonyl (C=O) groups excluding carboxylic acids is 1. The van der Waals surface area contributed by atoms with Gasteiger partial charge < -0.3 is 15.1 Å². The summed E-state index contributed by atoms with van der Waals surface area (Å²) in [5, 5.41) is 19.4. The Morgan fingerprint density at radius 3 is 2.03 bits per heavy atom. The number of aliphatic hydroxyl groups excluding tert-OH is 2. The number of carbonyl (C=O) groups is 1. The maximum Gasteiger partial charge on any atom is 0.234 e. The predicted molar refractivity (Wildman–Crippen MR) is 135 cm³/mol. The number of aliphatic hydroxyl groups is 2. The van der Waals surface area contributed by atoms with Gasteiger partial charge in [-0.3, -0.25) is 9.69 Å². The number of hydrogen-bond donors (Lipinski definition) is 2. The number of likely N-dealkylation sites (tertiary alicyclic amines) is 1. The van der Waals surface area contributed by atoms with Crippen LogP contribution >= 0.6 is 0 Å². The van der Waals surface area contributed by atoms with E-state index in [0.717, 1.165) is 35.2 Å². The van der Waals surface area contributed by atoms with Crippen LogP contribution in [0.2, 0.25) is 0 Å². The monoisotopic (exact) mass is 458 g/mol. The quantitative estimate of drug-likeness (QED) is 0.514. The van der Waals surface area contributed by atoms with Gasteiger partial charge >= 0.3 is 0 Å². The highest BCUT2D eigenvalue weighted by Crippen LogP contribution is 2.30. The van der Waals surface area contributed by atoms with Crippen LogP contribution in [0.3, 0.4) is 0 Å². The molecule has 3 aromatic carbocycles. The van der Waals surface area contributed by atoms with Gasteiger partial charge in [-0.15, -0.1) is 0 Å². The van der Waals surface area contributed by atoms with Crippen LogP contribution in [0, 0.1) is 0 Å². The van der Waals surface area contributed by atoms with Gasteiger partial charge in [-0.2, -0.15) is 0 Å². The molecule has 34 heavy (non-hydrogen) atoms. The van der Waals surface area contributed by atoms with Crippen LogP contribution in [0.15, 0.2) is 84.9 Å². The van der Waals surface area contributed by atoms with Crippen molar-refractivity contribution in [1.29, 1.82) is 0 Å². The van der Waals surface area contributed by atoms with Crippen molar-refractivity contribution in [3.63, 3.8) is 0 Å². The topological polar surface area (TPSA) is 64.0 Å². The number of nitrogens with zero attached hydrogens (tertiary/aromatic N) is 2. The molecule has 0 aromatic heterocycles. The second kappa shape index (κ2) is 11.4. The van der Waals surface area contributed by atoms with Crippen molar-refractivity contribution >= 4 is 5.91 Å². The first-order valence-electron chi connectivity index (χ1n) is 12.0. The smallest absolute Gasteiger partial charge is 0.234 e. The minimum Gasteiger partial charge on any atom is -0.396 e.